The summed E-state index contributed by atoms with van der Waals surface area (Å²) in [6, 6.07) is 7.44. The van der Waals surface area contributed by atoms with E-state index in [1.54, 1.807) is 12.1 Å². The second-order valence-corrected chi connectivity index (χ2v) is 6.04. The van der Waals surface area contributed by atoms with Gasteiger partial charge in [-0.25, -0.2) is 0 Å². The lowest BCUT2D eigenvalue weighted by atomic mass is 9.84. The zero-order chi connectivity index (χ0) is 15.4. The fourth-order valence-corrected chi connectivity index (χ4v) is 3.12. The standard InChI is InChI=1S/C18H25NO2/c1-4-18(13(3)20)12(2)5-7-16-9-14-6-8-17(21)10-15(14)11-19-16/h6,8-13,18,20-21H,4-5,7H2,1-3H3/t12?,13-,18+/m1/s1. The number of pyridine rings is 1. The van der Waals surface area contributed by atoms with E-state index in [0.717, 1.165) is 35.7 Å². The second-order valence-electron chi connectivity index (χ2n) is 6.04. The SMILES string of the molecule is CC[C@@H](C(C)CCc1cc2ccc(O)cc2cn1)[C@@H](C)O. The summed E-state index contributed by atoms with van der Waals surface area (Å²) in [4.78, 5) is 4.48. The molecule has 1 aromatic carbocycles. The van der Waals surface area contributed by atoms with Gasteiger partial charge in [-0.3, -0.25) is 4.98 Å². The monoisotopic (exact) mass is 287 g/mol. The average Bonchev–Trinajstić information content (AvgIpc) is 2.45. The smallest absolute Gasteiger partial charge is 0.116 e. The molecule has 0 aliphatic carbocycles. The summed E-state index contributed by atoms with van der Waals surface area (Å²) in [6.45, 7) is 6.22. The topological polar surface area (TPSA) is 53.4 Å². The number of aryl methyl sites for hydroxylation is 1. The molecule has 1 aromatic heterocycles. The minimum Gasteiger partial charge on any atom is -0.508 e. The maximum Gasteiger partial charge on any atom is 0.116 e. The lowest BCUT2D eigenvalue weighted by Gasteiger charge is -2.25. The molecule has 1 unspecified atom stereocenters. The Morgan fingerprint density at radius 3 is 2.57 bits per heavy atom. The highest BCUT2D eigenvalue weighted by atomic mass is 16.3. The van der Waals surface area contributed by atoms with Gasteiger partial charge in [0.15, 0.2) is 0 Å². The van der Waals surface area contributed by atoms with Crippen LogP contribution in [0.25, 0.3) is 10.8 Å². The van der Waals surface area contributed by atoms with Gasteiger partial charge in [-0.05, 0) is 55.2 Å². The summed E-state index contributed by atoms with van der Waals surface area (Å²) >= 11 is 0. The predicted molar refractivity (Wildman–Crippen MR) is 86.4 cm³/mol. The molecule has 2 aromatic rings. The number of aliphatic hydroxyl groups excluding tert-OH is 1. The third-order valence-corrected chi connectivity index (χ3v) is 4.44. The van der Waals surface area contributed by atoms with Gasteiger partial charge >= 0.3 is 0 Å². The number of aromatic nitrogens is 1. The highest BCUT2D eigenvalue weighted by molar-refractivity contribution is 5.83. The van der Waals surface area contributed by atoms with Crippen LogP contribution in [0, 0.1) is 11.8 Å². The highest BCUT2D eigenvalue weighted by Gasteiger charge is 2.20. The first kappa shape index (κ1) is 15.8. The first-order valence-corrected chi connectivity index (χ1v) is 7.77. The number of aliphatic hydroxyl groups is 1. The Kier molecular flexibility index (Phi) is 5.18. The lowest BCUT2D eigenvalue weighted by Crippen LogP contribution is -2.23. The van der Waals surface area contributed by atoms with Crippen molar-refractivity contribution in [1.29, 1.82) is 0 Å². The fourth-order valence-electron chi connectivity index (χ4n) is 3.12. The molecule has 0 spiro atoms. The third kappa shape index (κ3) is 3.94. The van der Waals surface area contributed by atoms with Gasteiger partial charge in [-0.2, -0.15) is 0 Å². The molecule has 0 aliphatic heterocycles. The molecule has 0 bridgehead atoms. The normalized spacial score (nSPS) is 15.8. The molecular weight excluding hydrogens is 262 g/mol. The van der Waals surface area contributed by atoms with Crippen molar-refractivity contribution in [1.82, 2.24) is 4.98 Å². The van der Waals surface area contributed by atoms with Crippen LogP contribution >= 0.6 is 0 Å². The number of fused-ring (bicyclic) bond motifs is 1. The number of nitrogens with zero attached hydrogens (tertiary/aromatic N) is 1. The van der Waals surface area contributed by atoms with Crippen molar-refractivity contribution in [3.63, 3.8) is 0 Å². The summed E-state index contributed by atoms with van der Waals surface area (Å²) in [7, 11) is 0. The van der Waals surface area contributed by atoms with Crippen LogP contribution in [0.5, 0.6) is 5.75 Å². The van der Waals surface area contributed by atoms with E-state index in [0.29, 0.717) is 11.8 Å². The van der Waals surface area contributed by atoms with E-state index in [9.17, 15) is 10.2 Å². The molecule has 0 saturated carbocycles. The summed E-state index contributed by atoms with van der Waals surface area (Å²) < 4.78 is 0. The highest BCUT2D eigenvalue weighted by Crippen LogP contribution is 2.25. The van der Waals surface area contributed by atoms with Crippen LogP contribution in [0.2, 0.25) is 0 Å². The van der Waals surface area contributed by atoms with Gasteiger partial charge in [0.2, 0.25) is 0 Å². The van der Waals surface area contributed by atoms with Gasteiger partial charge in [0, 0.05) is 17.3 Å². The minimum absolute atomic E-state index is 0.252. The molecular formula is C18H25NO2. The van der Waals surface area contributed by atoms with Crippen molar-refractivity contribution in [2.45, 2.75) is 46.1 Å². The quantitative estimate of drug-likeness (QED) is 0.846. The Labute approximate surface area is 126 Å². The number of hydrogen-bond donors (Lipinski definition) is 2. The van der Waals surface area contributed by atoms with E-state index < -0.39 is 0 Å². The van der Waals surface area contributed by atoms with Crippen molar-refractivity contribution in [2.24, 2.45) is 11.8 Å². The van der Waals surface area contributed by atoms with Gasteiger partial charge < -0.3 is 10.2 Å². The molecule has 0 fully saturated rings. The van der Waals surface area contributed by atoms with Crippen LogP contribution in [0.3, 0.4) is 0 Å². The molecule has 114 valence electrons. The zero-order valence-corrected chi connectivity index (χ0v) is 13.1. The maximum atomic E-state index is 9.81. The Bertz CT molecular complexity index is 595. The Balaban J connectivity index is 2.05. The maximum absolute atomic E-state index is 9.81. The molecule has 21 heavy (non-hydrogen) atoms. The Hall–Kier alpha value is -1.61. The van der Waals surface area contributed by atoms with Gasteiger partial charge in [0.05, 0.1) is 6.10 Å². The number of benzene rings is 1. The lowest BCUT2D eigenvalue weighted by molar-refractivity contribution is 0.0870. The average molecular weight is 287 g/mol. The molecule has 3 atom stereocenters. The van der Waals surface area contributed by atoms with Crippen molar-refractivity contribution >= 4 is 10.8 Å². The number of phenolic OH excluding ortho intramolecular Hbond substituents is 1. The Morgan fingerprint density at radius 2 is 1.90 bits per heavy atom. The van der Waals surface area contributed by atoms with E-state index in [1.807, 2.05) is 19.2 Å². The van der Waals surface area contributed by atoms with E-state index in [2.05, 4.69) is 24.9 Å². The first-order chi connectivity index (χ1) is 10.0. The first-order valence-electron chi connectivity index (χ1n) is 7.77. The molecule has 2 N–H and O–H groups in total. The molecule has 3 heteroatoms. The minimum atomic E-state index is -0.252. The van der Waals surface area contributed by atoms with Crippen LogP contribution in [0.1, 0.15) is 39.3 Å². The summed E-state index contributed by atoms with van der Waals surface area (Å²) in [5, 5.41) is 21.3. The van der Waals surface area contributed by atoms with Gasteiger partial charge in [0.1, 0.15) is 5.75 Å². The summed E-state index contributed by atoms with van der Waals surface area (Å²) in [6.07, 6.45) is 4.52. The van der Waals surface area contributed by atoms with Crippen molar-refractivity contribution in [3.8, 4) is 5.75 Å². The molecule has 0 saturated heterocycles. The van der Waals surface area contributed by atoms with Crippen LogP contribution < -0.4 is 0 Å². The predicted octanol–water partition coefficient (Wildman–Crippen LogP) is 3.92. The van der Waals surface area contributed by atoms with Crippen LogP contribution in [0.15, 0.2) is 30.5 Å². The summed E-state index contributed by atoms with van der Waals surface area (Å²) in [5.41, 5.74) is 1.07. The van der Waals surface area contributed by atoms with Crippen molar-refractivity contribution < 1.29 is 10.2 Å². The number of phenols is 1. The van der Waals surface area contributed by atoms with Gasteiger partial charge in [-0.15, -0.1) is 0 Å². The number of hydrogen-bond acceptors (Lipinski definition) is 3. The Morgan fingerprint density at radius 1 is 1.14 bits per heavy atom. The van der Waals surface area contributed by atoms with Gasteiger partial charge in [0.25, 0.3) is 0 Å². The van der Waals surface area contributed by atoms with Crippen LogP contribution in [-0.2, 0) is 6.42 Å². The molecule has 0 radical (unpaired) electrons. The largest absolute Gasteiger partial charge is 0.508 e. The number of rotatable bonds is 6. The van der Waals surface area contributed by atoms with Crippen LogP contribution in [-0.4, -0.2) is 21.3 Å². The molecule has 1 heterocycles. The van der Waals surface area contributed by atoms with E-state index >= 15 is 0 Å². The van der Waals surface area contributed by atoms with E-state index in [1.165, 1.54) is 0 Å². The van der Waals surface area contributed by atoms with E-state index in [-0.39, 0.29) is 11.9 Å². The number of aromatic hydroxyl groups is 1. The third-order valence-electron chi connectivity index (χ3n) is 4.44. The molecule has 3 nitrogen and oxygen atoms in total. The van der Waals surface area contributed by atoms with Crippen molar-refractivity contribution in [2.75, 3.05) is 0 Å². The zero-order valence-electron chi connectivity index (χ0n) is 13.1. The molecule has 0 amide bonds. The second kappa shape index (κ2) is 6.90. The fraction of sp³-hybridized carbons (Fsp3) is 0.500. The molecule has 2 rings (SSSR count). The van der Waals surface area contributed by atoms with Crippen LogP contribution in [0.4, 0.5) is 0 Å². The van der Waals surface area contributed by atoms with Gasteiger partial charge in [-0.1, -0.05) is 26.3 Å². The van der Waals surface area contributed by atoms with Crippen molar-refractivity contribution in [3.05, 3.63) is 36.2 Å². The molecule has 0 aliphatic rings. The van der Waals surface area contributed by atoms with E-state index in [4.69, 9.17) is 0 Å². The summed E-state index contributed by atoms with van der Waals surface area (Å²) in [5.74, 6) is 1.10.